The Kier molecular flexibility index (Phi) is 10.4. The van der Waals surface area contributed by atoms with Crippen molar-refractivity contribution in [3.05, 3.63) is 0 Å². The van der Waals surface area contributed by atoms with Crippen LogP contribution in [0.4, 0.5) is 0 Å². The summed E-state index contributed by atoms with van der Waals surface area (Å²) in [7, 11) is 0.726. The largest absolute Gasteiger partial charge is 0.463 e. The highest BCUT2D eigenvalue weighted by Gasteiger charge is 2.53. The number of hydrogen-bond donors (Lipinski definition) is 0. The maximum absolute atomic E-state index is 11.7. The molecule has 13 heteroatoms. The van der Waals surface area contributed by atoms with E-state index in [1.165, 1.54) is 21.1 Å². The number of hydrogen-bond acceptors (Lipinski definition) is 12. The van der Waals surface area contributed by atoms with Gasteiger partial charge in [-0.1, -0.05) is 0 Å². The molecule has 1 aliphatic rings. The van der Waals surface area contributed by atoms with Crippen molar-refractivity contribution in [3.63, 3.8) is 0 Å². The molecule has 0 amide bonds. The first-order valence-electron chi connectivity index (χ1n) is 8.44. The van der Waals surface area contributed by atoms with Crippen molar-refractivity contribution >= 4 is 32.5 Å². The summed E-state index contributed by atoms with van der Waals surface area (Å²) in [4.78, 5) is 46.1. The van der Waals surface area contributed by atoms with Gasteiger partial charge in [-0.2, -0.15) is 0 Å². The molecular formula is C16H25O12P. The van der Waals surface area contributed by atoms with Crippen LogP contribution in [0, 0.1) is 0 Å². The number of esters is 4. The van der Waals surface area contributed by atoms with Crippen LogP contribution in [0.15, 0.2) is 0 Å². The molecule has 1 rings (SSSR count). The third kappa shape index (κ3) is 8.19. The molecule has 0 radical (unpaired) electrons. The average Bonchev–Trinajstić information content (AvgIpc) is 2.61. The summed E-state index contributed by atoms with van der Waals surface area (Å²) < 4.78 is 42.0. The molecule has 0 aromatic heterocycles. The number of carbonyl (C=O) groups is 4. The summed E-state index contributed by atoms with van der Waals surface area (Å²) in [6, 6.07) is 0. The molecular weight excluding hydrogens is 415 g/mol. The lowest BCUT2D eigenvalue weighted by atomic mass is 9.98. The smallest absolute Gasteiger partial charge is 0.334 e. The van der Waals surface area contributed by atoms with Gasteiger partial charge in [0.2, 0.25) is 6.29 Å². The van der Waals surface area contributed by atoms with Crippen LogP contribution in [0.2, 0.25) is 0 Å². The lowest BCUT2D eigenvalue weighted by Crippen LogP contribution is -2.62. The Labute approximate surface area is 169 Å². The third-order valence-corrected chi connectivity index (χ3v) is 4.41. The fourth-order valence-electron chi connectivity index (χ4n) is 2.52. The van der Waals surface area contributed by atoms with Gasteiger partial charge in [-0.25, -0.2) is 0 Å². The molecule has 1 fully saturated rings. The van der Waals surface area contributed by atoms with Gasteiger partial charge in [0.1, 0.15) is 12.7 Å². The van der Waals surface area contributed by atoms with Crippen molar-refractivity contribution in [1.82, 2.24) is 0 Å². The molecule has 0 aromatic carbocycles. The van der Waals surface area contributed by atoms with Gasteiger partial charge in [-0.05, 0) is 0 Å². The van der Waals surface area contributed by atoms with E-state index < -0.39 is 63.2 Å². The summed E-state index contributed by atoms with van der Waals surface area (Å²) in [5.41, 5.74) is 0. The van der Waals surface area contributed by atoms with Gasteiger partial charge in [-0.15, -0.1) is 0 Å². The highest BCUT2D eigenvalue weighted by Crippen LogP contribution is 2.42. The lowest BCUT2D eigenvalue weighted by Gasteiger charge is -2.44. The van der Waals surface area contributed by atoms with Crippen LogP contribution in [-0.4, -0.2) is 75.4 Å². The molecule has 0 unspecified atom stereocenters. The van der Waals surface area contributed by atoms with Crippen molar-refractivity contribution < 1.29 is 56.4 Å². The van der Waals surface area contributed by atoms with Crippen LogP contribution in [0.1, 0.15) is 27.7 Å². The van der Waals surface area contributed by atoms with Crippen LogP contribution in [0.25, 0.3) is 0 Å². The van der Waals surface area contributed by atoms with Crippen molar-refractivity contribution in [2.75, 3.05) is 20.8 Å². The van der Waals surface area contributed by atoms with Crippen LogP contribution in [-0.2, 0) is 56.4 Å². The zero-order valence-corrected chi connectivity index (χ0v) is 17.8. The van der Waals surface area contributed by atoms with Crippen molar-refractivity contribution in [3.8, 4) is 0 Å². The monoisotopic (exact) mass is 440 g/mol. The van der Waals surface area contributed by atoms with Gasteiger partial charge in [0.05, 0.1) is 0 Å². The molecule has 1 heterocycles. The van der Waals surface area contributed by atoms with Gasteiger partial charge < -0.3 is 32.7 Å². The Morgan fingerprint density at radius 2 is 1.24 bits per heavy atom. The minimum absolute atomic E-state index is 0.352. The second-order valence-corrected chi connectivity index (χ2v) is 7.15. The molecule has 0 aliphatic carbocycles. The SMILES string of the molecule is COP(OC)O[C@@H]1O[C@H](COC(C)=O)[C@@H](OC(C)=O)[C@H](OC(C)=O)[C@H]1OC(C)=O. The van der Waals surface area contributed by atoms with Gasteiger partial charge in [0.25, 0.3) is 0 Å². The summed E-state index contributed by atoms with van der Waals surface area (Å²) in [6.07, 6.45) is -6.35. The summed E-state index contributed by atoms with van der Waals surface area (Å²) in [5, 5.41) is 0. The standard InChI is InChI=1S/C16H25O12P/c1-8(17)23-7-12-13(24-9(2)18)14(25-10(3)19)15(26-11(4)20)16(27-12)28-29(21-5)22-6/h12-16H,7H2,1-6H3/t12-,13-,14+,15-,16+/m1/s1. The van der Waals surface area contributed by atoms with E-state index in [4.69, 9.17) is 37.3 Å². The van der Waals surface area contributed by atoms with Gasteiger partial charge in [0.15, 0.2) is 18.3 Å². The Morgan fingerprint density at radius 3 is 1.69 bits per heavy atom. The highest BCUT2D eigenvalue weighted by atomic mass is 31.2. The Morgan fingerprint density at radius 1 is 0.759 bits per heavy atom. The predicted octanol–water partition coefficient (Wildman–Crippen LogP) is 0.606. The van der Waals surface area contributed by atoms with Gasteiger partial charge >= 0.3 is 32.5 Å². The summed E-state index contributed by atoms with van der Waals surface area (Å²) >= 11 is 0. The molecule has 1 saturated heterocycles. The van der Waals surface area contributed by atoms with Crippen molar-refractivity contribution in [2.24, 2.45) is 0 Å². The van der Waals surface area contributed by atoms with Crippen LogP contribution < -0.4 is 0 Å². The van der Waals surface area contributed by atoms with Crippen LogP contribution in [0.3, 0.4) is 0 Å². The summed E-state index contributed by atoms with van der Waals surface area (Å²) in [5.74, 6) is -2.81. The minimum atomic E-state index is -1.91. The van der Waals surface area contributed by atoms with E-state index in [0.717, 1.165) is 20.8 Å². The molecule has 0 N–H and O–H groups in total. The molecule has 0 aromatic rings. The first-order chi connectivity index (χ1) is 13.6. The zero-order chi connectivity index (χ0) is 22.1. The molecule has 29 heavy (non-hydrogen) atoms. The van der Waals surface area contributed by atoms with E-state index in [0.29, 0.717) is 0 Å². The zero-order valence-electron chi connectivity index (χ0n) is 16.9. The van der Waals surface area contributed by atoms with Gasteiger partial charge in [0, 0.05) is 41.9 Å². The van der Waals surface area contributed by atoms with Crippen LogP contribution >= 0.6 is 8.60 Å². The molecule has 0 saturated carbocycles. The van der Waals surface area contributed by atoms with E-state index in [2.05, 4.69) is 0 Å². The third-order valence-electron chi connectivity index (χ3n) is 3.44. The molecule has 1 aliphatic heterocycles. The number of carbonyl (C=O) groups excluding carboxylic acids is 4. The first-order valence-corrected chi connectivity index (χ1v) is 9.54. The topological polar surface area (TPSA) is 142 Å². The second-order valence-electron chi connectivity index (χ2n) is 5.76. The van der Waals surface area contributed by atoms with Crippen molar-refractivity contribution in [2.45, 2.75) is 58.4 Å². The van der Waals surface area contributed by atoms with Gasteiger partial charge in [-0.3, -0.25) is 23.7 Å². The molecule has 5 atom stereocenters. The average molecular weight is 440 g/mol. The van der Waals surface area contributed by atoms with Crippen molar-refractivity contribution in [1.29, 1.82) is 0 Å². The van der Waals surface area contributed by atoms with E-state index in [1.807, 2.05) is 0 Å². The molecule has 12 nitrogen and oxygen atoms in total. The van der Waals surface area contributed by atoms with E-state index >= 15 is 0 Å². The molecule has 0 spiro atoms. The Balaban J connectivity index is 3.31. The second kappa shape index (κ2) is 12.0. The van der Waals surface area contributed by atoms with E-state index in [9.17, 15) is 19.2 Å². The fourth-order valence-corrected chi connectivity index (χ4v) is 3.18. The first kappa shape index (κ1) is 25.2. The molecule has 0 bridgehead atoms. The fraction of sp³-hybridized carbons (Fsp3) is 0.750. The summed E-state index contributed by atoms with van der Waals surface area (Å²) in [6.45, 7) is 4.21. The predicted molar refractivity (Wildman–Crippen MR) is 94.0 cm³/mol. The lowest BCUT2D eigenvalue weighted by molar-refractivity contribution is -0.290. The highest BCUT2D eigenvalue weighted by molar-refractivity contribution is 7.41. The Bertz CT molecular complexity index is 592. The Hall–Kier alpha value is -1.85. The van der Waals surface area contributed by atoms with E-state index in [1.54, 1.807) is 0 Å². The quantitative estimate of drug-likeness (QED) is 0.281. The van der Waals surface area contributed by atoms with Crippen LogP contribution in [0.5, 0.6) is 0 Å². The van der Waals surface area contributed by atoms with E-state index in [-0.39, 0.29) is 6.61 Å². The maximum atomic E-state index is 11.7. The maximum Gasteiger partial charge on any atom is 0.334 e. The normalized spacial score (nSPS) is 26.5. The molecule has 166 valence electrons. The number of ether oxygens (including phenoxy) is 5. The number of rotatable bonds is 9. The minimum Gasteiger partial charge on any atom is -0.463 e.